The maximum atomic E-state index is 4.98. The number of rotatable bonds is 3. The van der Waals surface area contributed by atoms with E-state index >= 15 is 0 Å². The van der Waals surface area contributed by atoms with Crippen LogP contribution in [0.3, 0.4) is 0 Å². The Bertz CT molecular complexity index is 164. The van der Waals surface area contributed by atoms with Crippen molar-refractivity contribution in [3.63, 3.8) is 0 Å². The summed E-state index contributed by atoms with van der Waals surface area (Å²) in [5.74, 6) is 0.864. The second-order valence-electron chi connectivity index (χ2n) is 2.07. The lowest BCUT2D eigenvalue weighted by molar-refractivity contribution is 0.306. The predicted octanol–water partition coefficient (Wildman–Crippen LogP) is 3.70. The van der Waals surface area contributed by atoms with Gasteiger partial charge in [0.1, 0.15) is 5.76 Å². The van der Waals surface area contributed by atoms with Crippen molar-refractivity contribution in [1.82, 2.24) is 0 Å². The van der Waals surface area contributed by atoms with Crippen LogP contribution < -0.4 is 0 Å². The van der Waals surface area contributed by atoms with Crippen LogP contribution in [0.1, 0.15) is 27.7 Å². The van der Waals surface area contributed by atoms with Gasteiger partial charge in [-0.25, -0.2) is 0 Å². The van der Waals surface area contributed by atoms with Gasteiger partial charge in [0.2, 0.25) is 0 Å². The molecule has 12 heavy (non-hydrogen) atoms. The van der Waals surface area contributed by atoms with Gasteiger partial charge in [0, 0.05) is 0 Å². The van der Waals surface area contributed by atoms with Crippen LogP contribution >= 0.6 is 0 Å². The van der Waals surface area contributed by atoms with Gasteiger partial charge in [0.25, 0.3) is 0 Å². The van der Waals surface area contributed by atoms with Crippen molar-refractivity contribution in [2.45, 2.75) is 27.7 Å². The molecule has 0 aliphatic carbocycles. The Kier molecular flexibility index (Phi) is 11.4. The maximum Gasteiger partial charge on any atom is 0.114 e. The summed E-state index contributed by atoms with van der Waals surface area (Å²) in [6.07, 6.45) is 5.71. The first kappa shape index (κ1) is 13.6. The molecule has 0 bridgehead atoms. The molecule has 1 heteroatoms. The molecule has 0 aromatic heterocycles. The van der Waals surface area contributed by atoms with Gasteiger partial charge in [0.05, 0.1) is 7.11 Å². The lowest BCUT2D eigenvalue weighted by Crippen LogP contribution is -1.79. The molecule has 0 N–H and O–H groups in total. The van der Waals surface area contributed by atoms with Crippen LogP contribution in [-0.2, 0) is 4.74 Å². The van der Waals surface area contributed by atoms with Crippen molar-refractivity contribution < 1.29 is 4.74 Å². The molecule has 0 radical (unpaired) electrons. The van der Waals surface area contributed by atoms with Gasteiger partial charge in [-0.3, -0.25) is 0 Å². The minimum atomic E-state index is 0.864. The third-order valence-electron chi connectivity index (χ3n) is 1.05. The highest BCUT2D eigenvalue weighted by molar-refractivity contribution is 5.20. The first-order valence-corrected chi connectivity index (χ1v) is 4.24. The number of hydrogen-bond acceptors (Lipinski definition) is 1. The molecule has 0 amide bonds. The van der Waals surface area contributed by atoms with Crippen molar-refractivity contribution in [3.05, 3.63) is 36.1 Å². The standard InChI is InChI=1S/C9H14O.C2H6/c1-5-9(10-4)7-6-8(2)3;1-2/h5-7H,2H2,1,3-4H3;1-2H3/b7-6-,9-5+;. The van der Waals surface area contributed by atoms with Gasteiger partial charge in [-0.1, -0.05) is 32.1 Å². The van der Waals surface area contributed by atoms with Crippen molar-refractivity contribution in [2.24, 2.45) is 0 Å². The van der Waals surface area contributed by atoms with E-state index in [9.17, 15) is 0 Å². The van der Waals surface area contributed by atoms with Gasteiger partial charge in [0.15, 0.2) is 0 Å². The second kappa shape index (κ2) is 10.0. The average Bonchev–Trinajstić information content (AvgIpc) is 2.09. The summed E-state index contributed by atoms with van der Waals surface area (Å²) >= 11 is 0. The van der Waals surface area contributed by atoms with Crippen LogP contribution in [0.25, 0.3) is 0 Å². The van der Waals surface area contributed by atoms with Crippen LogP contribution in [0, 0.1) is 0 Å². The van der Waals surface area contributed by atoms with Crippen molar-refractivity contribution in [2.75, 3.05) is 7.11 Å². The molecule has 0 aliphatic rings. The molecule has 0 aromatic carbocycles. The lowest BCUT2D eigenvalue weighted by atomic mass is 10.3. The highest BCUT2D eigenvalue weighted by atomic mass is 16.5. The molecule has 0 spiro atoms. The number of ether oxygens (including phenoxy) is 1. The Morgan fingerprint density at radius 1 is 1.25 bits per heavy atom. The van der Waals surface area contributed by atoms with Gasteiger partial charge < -0.3 is 4.74 Å². The fourth-order valence-corrected chi connectivity index (χ4v) is 0.507. The monoisotopic (exact) mass is 168 g/mol. The summed E-state index contributed by atoms with van der Waals surface area (Å²) in [4.78, 5) is 0. The molecule has 1 nitrogen and oxygen atoms in total. The van der Waals surface area contributed by atoms with Gasteiger partial charge in [-0.05, 0) is 26.0 Å². The van der Waals surface area contributed by atoms with E-state index in [1.165, 1.54) is 0 Å². The molecule has 0 rings (SSSR count). The van der Waals surface area contributed by atoms with E-state index in [1.807, 2.05) is 45.9 Å². The molecule has 0 fully saturated rings. The largest absolute Gasteiger partial charge is 0.497 e. The van der Waals surface area contributed by atoms with E-state index in [4.69, 9.17) is 4.74 Å². The van der Waals surface area contributed by atoms with Crippen LogP contribution in [0.4, 0.5) is 0 Å². The number of allylic oxidation sites excluding steroid dienone is 4. The zero-order chi connectivity index (χ0) is 9.98. The van der Waals surface area contributed by atoms with Crippen molar-refractivity contribution >= 4 is 0 Å². The third kappa shape index (κ3) is 9.02. The molecule has 0 unspecified atom stereocenters. The summed E-state index contributed by atoms with van der Waals surface area (Å²) < 4.78 is 4.98. The molecule has 0 saturated carbocycles. The highest BCUT2D eigenvalue weighted by Crippen LogP contribution is 1.99. The van der Waals surface area contributed by atoms with Gasteiger partial charge in [-0.2, -0.15) is 0 Å². The Morgan fingerprint density at radius 2 is 1.75 bits per heavy atom. The van der Waals surface area contributed by atoms with E-state index in [0.717, 1.165) is 11.3 Å². The molecular formula is C11H20O. The summed E-state index contributed by atoms with van der Waals surface area (Å²) in [6, 6.07) is 0. The van der Waals surface area contributed by atoms with Crippen LogP contribution in [-0.4, -0.2) is 7.11 Å². The highest BCUT2D eigenvalue weighted by Gasteiger charge is 1.83. The first-order chi connectivity index (χ1) is 5.70. The van der Waals surface area contributed by atoms with E-state index in [-0.39, 0.29) is 0 Å². The number of hydrogen-bond donors (Lipinski definition) is 0. The fraction of sp³-hybridized carbons (Fsp3) is 0.455. The average molecular weight is 168 g/mol. The zero-order valence-corrected chi connectivity index (χ0v) is 8.85. The first-order valence-electron chi connectivity index (χ1n) is 4.24. The quantitative estimate of drug-likeness (QED) is 0.461. The van der Waals surface area contributed by atoms with Crippen LogP contribution in [0.2, 0.25) is 0 Å². The van der Waals surface area contributed by atoms with Crippen molar-refractivity contribution in [3.8, 4) is 0 Å². The topological polar surface area (TPSA) is 9.23 Å². The minimum absolute atomic E-state index is 0.864. The smallest absolute Gasteiger partial charge is 0.114 e. The Morgan fingerprint density at radius 3 is 2.00 bits per heavy atom. The summed E-state index contributed by atoms with van der Waals surface area (Å²) in [7, 11) is 1.65. The molecule has 0 aromatic rings. The molecule has 0 saturated heterocycles. The van der Waals surface area contributed by atoms with E-state index in [2.05, 4.69) is 6.58 Å². The Hall–Kier alpha value is -0.980. The second-order valence-corrected chi connectivity index (χ2v) is 2.07. The van der Waals surface area contributed by atoms with E-state index < -0.39 is 0 Å². The molecular weight excluding hydrogens is 148 g/mol. The minimum Gasteiger partial charge on any atom is -0.497 e. The molecule has 0 heterocycles. The maximum absolute atomic E-state index is 4.98. The van der Waals surface area contributed by atoms with Gasteiger partial charge >= 0.3 is 0 Å². The predicted molar refractivity (Wildman–Crippen MR) is 56.1 cm³/mol. The number of methoxy groups -OCH3 is 1. The fourth-order valence-electron chi connectivity index (χ4n) is 0.507. The molecule has 70 valence electrons. The normalized spacial score (nSPS) is 10.6. The molecule has 0 atom stereocenters. The SMILES string of the molecule is C=C(C)/C=C\C(=C/C)OC.CC. The summed E-state index contributed by atoms with van der Waals surface area (Å²) in [5, 5.41) is 0. The Balaban J connectivity index is 0. The molecule has 0 aliphatic heterocycles. The van der Waals surface area contributed by atoms with E-state index in [0.29, 0.717) is 0 Å². The van der Waals surface area contributed by atoms with Crippen LogP contribution in [0.5, 0.6) is 0 Å². The summed E-state index contributed by atoms with van der Waals surface area (Å²) in [6.45, 7) is 11.6. The van der Waals surface area contributed by atoms with Crippen molar-refractivity contribution in [1.29, 1.82) is 0 Å². The summed E-state index contributed by atoms with van der Waals surface area (Å²) in [5.41, 5.74) is 1.02. The zero-order valence-electron chi connectivity index (χ0n) is 8.85. The van der Waals surface area contributed by atoms with Gasteiger partial charge in [-0.15, -0.1) is 0 Å². The van der Waals surface area contributed by atoms with Crippen LogP contribution in [0.15, 0.2) is 36.1 Å². The lowest BCUT2D eigenvalue weighted by Gasteiger charge is -1.96. The van der Waals surface area contributed by atoms with E-state index in [1.54, 1.807) is 7.11 Å². The Labute approximate surface area is 76.4 Å². The third-order valence-corrected chi connectivity index (χ3v) is 1.05.